The highest BCUT2D eigenvalue weighted by atomic mass is 127. The smallest absolute Gasteiger partial charge is 0.161 e. The summed E-state index contributed by atoms with van der Waals surface area (Å²) in [6, 6.07) is 11.9. The van der Waals surface area contributed by atoms with Crippen LogP contribution in [0, 0.1) is 3.57 Å². The van der Waals surface area contributed by atoms with E-state index in [0.717, 1.165) is 12.1 Å². The molecule has 0 bridgehead atoms. The minimum absolute atomic E-state index is 0.678. The van der Waals surface area contributed by atoms with Gasteiger partial charge in [-0.2, -0.15) is 6.07 Å². The number of hydrogen-bond donors (Lipinski definition) is 1. The van der Waals surface area contributed by atoms with Crippen LogP contribution in [0.25, 0.3) is 0 Å². The molecular weight excluding hydrogens is 385 g/mol. The average molecular weight is 400 g/mol. The minimum atomic E-state index is 0.678. The van der Waals surface area contributed by atoms with Gasteiger partial charge in [-0.15, -0.1) is 9.13 Å². The molecule has 0 heterocycles. The van der Waals surface area contributed by atoms with Crippen LogP contribution in [0.4, 0.5) is 0 Å². The van der Waals surface area contributed by atoms with Crippen LogP contribution < -0.4 is 14.8 Å². The molecule has 0 spiro atoms. The van der Waals surface area contributed by atoms with Crippen LogP contribution in [0.15, 0.2) is 36.4 Å². The quantitative estimate of drug-likeness (QED) is 0.473. The molecule has 0 unspecified atom stereocenters. The standard InChI is InChI=1S/C15H15INO2S/c1-18-13-7-6-10(8-14(13)19-2)15(20)17-9-11-4-3-5-12(11)16/h3-8H,9H2,1-2H3,(H,17,20)/q-1. The van der Waals surface area contributed by atoms with Crippen molar-refractivity contribution in [3.63, 3.8) is 0 Å². The zero-order valence-electron chi connectivity index (χ0n) is 11.3. The molecular formula is C15H15INO2S-. The molecule has 0 amide bonds. The van der Waals surface area contributed by atoms with E-state index < -0.39 is 0 Å². The van der Waals surface area contributed by atoms with Gasteiger partial charge in [0.2, 0.25) is 0 Å². The molecule has 20 heavy (non-hydrogen) atoms. The molecule has 0 atom stereocenters. The fraction of sp³-hybridized carbons (Fsp3) is 0.200. The molecule has 5 heteroatoms. The highest BCUT2D eigenvalue weighted by Crippen LogP contribution is 2.27. The maximum Gasteiger partial charge on any atom is 0.161 e. The number of nitrogens with one attached hydrogen (secondary N) is 1. The number of methoxy groups -OCH3 is 2. The van der Waals surface area contributed by atoms with Crippen LogP contribution in [0.2, 0.25) is 0 Å². The summed E-state index contributed by atoms with van der Waals surface area (Å²) >= 11 is 7.73. The Kier molecular flexibility index (Phi) is 5.31. The summed E-state index contributed by atoms with van der Waals surface area (Å²) in [5.74, 6) is 1.38. The lowest BCUT2D eigenvalue weighted by Crippen LogP contribution is -2.21. The molecule has 1 N–H and O–H groups in total. The molecule has 0 saturated carbocycles. The van der Waals surface area contributed by atoms with Crippen LogP contribution in [0.1, 0.15) is 11.1 Å². The summed E-state index contributed by atoms with van der Waals surface area (Å²) in [6.07, 6.45) is 0. The molecule has 0 radical (unpaired) electrons. The number of hydrogen-bond acceptors (Lipinski definition) is 3. The number of ether oxygens (including phenoxy) is 2. The SMILES string of the molecule is COc1ccc(C(=S)NC[c-]2cccc2I)cc1OC. The maximum absolute atomic E-state index is 5.41. The van der Waals surface area contributed by atoms with Gasteiger partial charge in [-0.1, -0.05) is 34.8 Å². The molecule has 0 aliphatic carbocycles. The number of benzene rings is 1. The average Bonchev–Trinajstić information content (AvgIpc) is 2.89. The Balaban J connectivity index is 2.07. The summed E-state index contributed by atoms with van der Waals surface area (Å²) in [4.78, 5) is 0.697. The summed E-state index contributed by atoms with van der Waals surface area (Å²) in [5.41, 5.74) is 2.16. The summed E-state index contributed by atoms with van der Waals surface area (Å²) in [6.45, 7) is 0.721. The van der Waals surface area contributed by atoms with Gasteiger partial charge < -0.3 is 14.8 Å². The highest BCUT2D eigenvalue weighted by Gasteiger charge is 2.07. The van der Waals surface area contributed by atoms with Crippen LogP contribution >= 0.6 is 34.8 Å². The Labute approximate surface area is 137 Å². The second-order valence-corrected chi connectivity index (χ2v) is 5.72. The van der Waals surface area contributed by atoms with Crippen LogP contribution in [0.5, 0.6) is 11.5 Å². The van der Waals surface area contributed by atoms with Crippen molar-refractivity contribution in [1.29, 1.82) is 0 Å². The molecule has 0 aliphatic rings. The lowest BCUT2D eigenvalue weighted by molar-refractivity contribution is 0.355. The van der Waals surface area contributed by atoms with Crippen molar-refractivity contribution >= 4 is 39.8 Å². The Morgan fingerprint density at radius 3 is 2.60 bits per heavy atom. The van der Waals surface area contributed by atoms with Crippen molar-refractivity contribution in [3.8, 4) is 11.5 Å². The Morgan fingerprint density at radius 1 is 1.25 bits per heavy atom. The second-order valence-electron chi connectivity index (χ2n) is 4.15. The third-order valence-corrected chi connectivity index (χ3v) is 4.36. The third-order valence-electron chi connectivity index (χ3n) is 2.93. The lowest BCUT2D eigenvalue weighted by Gasteiger charge is -2.13. The predicted octanol–water partition coefficient (Wildman–Crippen LogP) is 3.49. The van der Waals surface area contributed by atoms with E-state index in [4.69, 9.17) is 21.7 Å². The van der Waals surface area contributed by atoms with Gasteiger partial charge >= 0.3 is 0 Å². The fourth-order valence-electron chi connectivity index (χ4n) is 1.83. The largest absolute Gasteiger partial charge is 0.493 e. The molecule has 3 nitrogen and oxygen atoms in total. The number of rotatable bonds is 5. The fourth-order valence-corrected chi connectivity index (χ4v) is 2.61. The number of thiocarbonyl (C=S) groups is 1. The van der Waals surface area contributed by atoms with Crippen molar-refractivity contribution in [1.82, 2.24) is 5.32 Å². The van der Waals surface area contributed by atoms with E-state index in [0.29, 0.717) is 16.5 Å². The molecule has 106 valence electrons. The lowest BCUT2D eigenvalue weighted by atomic mass is 10.2. The summed E-state index contributed by atoms with van der Waals surface area (Å²) < 4.78 is 11.7. The molecule has 0 fully saturated rings. The highest BCUT2D eigenvalue weighted by molar-refractivity contribution is 14.1. The Morgan fingerprint density at radius 2 is 2.00 bits per heavy atom. The first-order valence-electron chi connectivity index (χ1n) is 6.06. The van der Waals surface area contributed by atoms with E-state index in [2.05, 4.69) is 40.0 Å². The normalized spacial score (nSPS) is 10.2. The van der Waals surface area contributed by atoms with Gasteiger partial charge in [-0.25, -0.2) is 12.1 Å². The monoisotopic (exact) mass is 400 g/mol. The molecule has 2 aromatic carbocycles. The van der Waals surface area contributed by atoms with Gasteiger partial charge in [0.1, 0.15) is 4.99 Å². The van der Waals surface area contributed by atoms with E-state index in [1.165, 1.54) is 9.13 Å². The minimum Gasteiger partial charge on any atom is -0.493 e. The van der Waals surface area contributed by atoms with E-state index in [1.54, 1.807) is 14.2 Å². The zero-order chi connectivity index (χ0) is 14.5. The molecule has 0 aromatic heterocycles. The van der Waals surface area contributed by atoms with Gasteiger partial charge in [0, 0.05) is 5.56 Å². The molecule has 0 saturated heterocycles. The van der Waals surface area contributed by atoms with Gasteiger partial charge in [-0.3, -0.25) is 0 Å². The van der Waals surface area contributed by atoms with Crippen LogP contribution in [0.3, 0.4) is 0 Å². The zero-order valence-corrected chi connectivity index (χ0v) is 14.2. The molecule has 0 aliphatic heterocycles. The van der Waals surface area contributed by atoms with Gasteiger partial charge in [0.15, 0.2) is 11.5 Å². The van der Waals surface area contributed by atoms with Gasteiger partial charge in [-0.05, 0) is 24.7 Å². The first-order chi connectivity index (χ1) is 9.65. The Bertz CT molecular complexity index is 610. The van der Waals surface area contributed by atoms with Crippen LogP contribution in [-0.2, 0) is 6.54 Å². The van der Waals surface area contributed by atoms with Crippen molar-refractivity contribution in [2.75, 3.05) is 14.2 Å². The first kappa shape index (κ1) is 15.2. The van der Waals surface area contributed by atoms with E-state index in [1.807, 2.05) is 24.3 Å². The Hall–Kier alpha value is -1.21. The van der Waals surface area contributed by atoms with Crippen molar-refractivity contribution < 1.29 is 9.47 Å². The van der Waals surface area contributed by atoms with E-state index in [-0.39, 0.29) is 0 Å². The third kappa shape index (κ3) is 3.46. The molecule has 2 aromatic rings. The summed E-state index contributed by atoms with van der Waals surface area (Å²) in [7, 11) is 3.23. The number of halogens is 1. The van der Waals surface area contributed by atoms with Gasteiger partial charge in [0.05, 0.1) is 14.2 Å². The topological polar surface area (TPSA) is 30.5 Å². The van der Waals surface area contributed by atoms with Crippen molar-refractivity contribution in [2.45, 2.75) is 6.54 Å². The van der Waals surface area contributed by atoms with E-state index >= 15 is 0 Å². The van der Waals surface area contributed by atoms with Crippen LogP contribution in [-0.4, -0.2) is 19.2 Å². The second kappa shape index (κ2) is 6.99. The summed E-state index contributed by atoms with van der Waals surface area (Å²) in [5, 5.41) is 3.26. The predicted molar refractivity (Wildman–Crippen MR) is 92.8 cm³/mol. The van der Waals surface area contributed by atoms with Crippen molar-refractivity contribution in [2.24, 2.45) is 0 Å². The first-order valence-corrected chi connectivity index (χ1v) is 7.54. The van der Waals surface area contributed by atoms with E-state index in [9.17, 15) is 0 Å². The van der Waals surface area contributed by atoms with Crippen molar-refractivity contribution in [3.05, 3.63) is 51.1 Å². The van der Waals surface area contributed by atoms with Gasteiger partial charge in [0.25, 0.3) is 0 Å². The molecule has 2 rings (SSSR count). The maximum atomic E-state index is 5.41.